The van der Waals surface area contributed by atoms with Gasteiger partial charge in [-0.3, -0.25) is 4.79 Å². The van der Waals surface area contributed by atoms with E-state index >= 15 is 0 Å². The minimum Gasteiger partial charge on any atom is -0.494 e. The lowest BCUT2D eigenvalue weighted by molar-refractivity contribution is -0.113. The molecule has 1 aliphatic rings. The Kier molecular flexibility index (Phi) is 5.40. The Morgan fingerprint density at radius 2 is 2.00 bits per heavy atom. The largest absolute Gasteiger partial charge is 0.494 e. The molecule has 0 unspecified atom stereocenters. The van der Waals surface area contributed by atoms with E-state index in [9.17, 15) is 10.1 Å². The van der Waals surface area contributed by atoms with Crippen LogP contribution in [0, 0.1) is 11.3 Å². The number of nitriles is 1. The van der Waals surface area contributed by atoms with Crippen molar-refractivity contribution in [1.82, 2.24) is 4.98 Å². The van der Waals surface area contributed by atoms with Gasteiger partial charge in [0, 0.05) is 17.1 Å². The smallest absolute Gasteiger partial charge is 0.234 e. The van der Waals surface area contributed by atoms with Crippen LogP contribution in [-0.2, 0) is 4.79 Å². The number of carbonyl (C=O) groups excluding carboxylic acids is 1. The summed E-state index contributed by atoms with van der Waals surface area (Å²) in [6.45, 7) is 2.67. The predicted molar refractivity (Wildman–Crippen MR) is 110 cm³/mol. The molecule has 0 saturated carbocycles. The van der Waals surface area contributed by atoms with Crippen LogP contribution in [-0.4, -0.2) is 30.0 Å². The fraction of sp³-hybridized carbons (Fsp3) is 0.190. The van der Waals surface area contributed by atoms with Crippen LogP contribution in [0.4, 0.5) is 5.69 Å². The summed E-state index contributed by atoms with van der Waals surface area (Å²) in [5, 5.41) is 13.6. The third-order valence-corrected chi connectivity index (χ3v) is 5.17. The highest BCUT2D eigenvalue weighted by Crippen LogP contribution is 2.37. The van der Waals surface area contributed by atoms with Crippen LogP contribution in [0.1, 0.15) is 12.5 Å². The molecule has 2 aromatic carbocycles. The number of anilines is 1. The molecular weight excluding hydrogens is 390 g/mol. The monoisotopic (exact) mass is 407 g/mol. The molecule has 7 nitrogen and oxygen atoms in total. The maximum absolute atomic E-state index is 12.3. The molecule has 0 spiro atoms. The quantitative estimate of drug-likeness (QED) is 0.618. The third kappa shape index (κ3) is 4.20. The van der Waals surface area contributed by atoms with E-state index in [2.05, 4.69) is 16.4 Å². The number of nitrogens with zero attached hydrogens (tertiary/aromatic N) is 2. The van der Waals surface area contributed by atoms with Gasteiger partial charge in [0.2, 0.25) is 12.7 Å². The summed E-state index contributed by atoms with van der Waals surface area (Å²) < 4.78 is 16.1. The highest BCUT2D eigenvalue weighted by molar-refractivity contribution is 8.00. The molecule has 4 rings (SSSR count). The molecule has 1 aliphatic heterocycles. The number of benzene rings is 2. The number of pyridine rings is 1. The van der Waals surface area contributed by atoms with Crippen molar-refractivity contribution in [2.24, 2.45) is 0 Å². The molecule has 0 bridgehead atoms. The maximum Gasteiger partial charge on any atom is 0.234 e. The van der Waals surface area contributed by atoms with E-state index < -0.39 is 0 Å². The van der Waals surface area contributed by atoms with Crippen molar-refractivity contribution < 1.29 is 19.0 Å². The summed E-state index contributed by atoms with van der Waals surface area (Å²) in [5.41, 5.74) is 1.77. The topological polar surface area (TPSA) is 93.5 Å². The Labute approximate surface area is 171 Å². The highest BCUT2D eigenvalue weighted by atomic mass is 32.2. The lowest BCUT2D eigenvalue weighted by Gasteiger charge is -2.08. The zero-order chi connectivity index (χ0) is 20.2. The van der Waals surface area contributed by atoms with Crippen LogP contribution >= 0.6 is 11.8 Å². The van der Waals surface area contributed by atoms with Crippen LogP contribution in [0.25, 0.3) is 10.9 Å². The molecule has 2 heterocycles. The first-order valence-electron chi connectivity index (χ1n) is 8.96. The van der Waals surface area contributed by atoms with Crippen LogP contribution in [0.15, 0.2) is 47.5 Å². The summed E-state index contributed by atoms with van der Waals surface area (Å²) >= 11 is 1.22. The fourth-order valence-electron chi connectivity index (χ4n) is 2.87. The molecule has 1 amide bonds. The second kappa shape index (κ2) is 8.29. The van der Waals surface area contributed by atoms with E-state index in [1.807, 2.05) is 6.92 Å². The minimum atomic E-state index is -0.185. The molecule has 0 aliphatic carbocycles. The van der Waals surface area contributed by atoms with Gasteiger partial charge in [0.15, 0.2) is 11.5 Å². The Bertz CT molecular complexity index is 1110. The molecule has 3 aromatic rings. The van der Waals surface area contributed by atoms with E-state index in [0.717, 1.165) is 11.1 Å². The summed E-state index contributed by atoms with van der Waals surface area (Å²) in [6, 6.07) is 14.6. The Balaban J connectivity index is 1.46. The van der Waals surface area contributed by atoms with Crippen molar-refractivity contribution in [2.75, 3.05) is 24.5 Å². The molecule has 146 valence electrons. The van der Waals surface area contributed by atoms with E-state index in [-0.39, 0.29) is 18.5 Å². The van der Waals surface area contributed by atoms with Crippen molar-refractivity contribution >= 4 is 34.3 Å². The molecule has 0 saturated heterocycles. The van der Waals surface area contributed by atoms with Crippen molar-refractivity contribution in [3.05, 3.63) is 48.0 Å². The van der Waals surface area contributed by atoms with Crippen molar-refractivity contribution in [3.8, 4) is 23.3 Å². The van der Waals surface area contributed by atoms with Crippen LogP contribution in [0.3, 0.4) is 0 Å². The van der Waals surface area contributed by atoms with Crippen molar-refractivity contribution in [1.29, 1.82) is 5.26 Å². The van der Waals surface area contributed by atoms with Crippen molar-refractivity contribution in [3.63, 3.8) is 0 Å². The number of nitrogens with one attached hydrogen (secondary N) is 1. The number of aromatic nitrogens is 1. The molecule has 29 heavy (non-hydrogen) atoms. The Morgan fingerprint density at radius 1 is 1.24 bits per heavy atom. The average Bonchev–Trinajstić information content (AvgIpc) is 3.18. The number of carbonyl (C=O) groups is 1. The van der Waals surface area contributed by atoms with Crippen LogP contribution in [0.2, 0.25) is 0 Å². The minimum absolute atomic E-state index is 0.130. The van der Waals surface area contributed by atoms with Gasteiger partial charge in [-0.15, -0.1) is 0 Å². The van der Waals surface area contributed by atoms with Gasteiger partial charge in [0.1, 0.15) is 16.8 Å². The molecular formula is C21H17N3O4S. The molecule has 8 heteroatoms. The first-order valence-corrected chi connectivity index (χ1v) is 9.95. The number of hydrogen-bond donors (Lipinski definition) is 1. The Hall–Kier alpha value is -3.44. The first-order chi connectivity index (χ1) is 14.2. The van der Waals surface area contributed by atoms with Gasteiger partial charge < -0.3 is 19.5 Å². The number of amides is 1. The fourth-order valence-corrected chi connectivity index (χ4v) is 3.63. The molecule has 0 radical (unpaired) electrons. The molecule has 0 fully saturated rings. The number of thioether (sulfide) groups is 1. The van der Waals surface area contributed by atoms with Gasteiger partial charge in [-0.25, -0.2) is 4.98 Å². The summed E-state index contributed by atoms with van der Waals surface area (Å²) in [6.07, 6.45) is 0. The molecule has 1 N–H and O–H groups in total. The Morgan fingerprint density at radius 3 is 2.72 bits per heavy atom. The standard InChI is InChI=1S/C21H17N3O4S/c1-2-26-16-5-3-15(4-6-16)23-20(25)11-29-21-14(10-22)7-13-8-18-19(28-12-27-18)9-17(13)24-21/h3-9H,2,11-12H2,1H3,(H,23,25). The number of ether oxygens (including phenoxy) is 3. The van der Waals surface area contributed by atoms with E-state index in [1.54, 1.807) is 42.5 Å². The average molecular weight is 407 g/mol. The van der Waals surface area contributed by atoms with Gasteiger partial charge in [-0.2, -0.15) is 5.26 Å². The van der Waals surface area contributed by atoms with Gasteiger partial charge in [-0.05, 0) is 43.3 Å². The lowest BCUT2D eigenvalue weighted by atomic mass is 10.1. The van der Waals surface area contributed by atoms with E-state index in [0.29, 0.717) is 39.9 Å². The number of hydrogen-bond acceptors (Lipinski definition) is 7. The second-order valence-electron chi connectivity index (χ2n) is 6.15. The second-order valence-corrected chi connectivity index (χ2v) is 7.11. The van der Waals surface area contributed by atoms with Gasteiger partial charge in [0.25, 0.3) is 0 Å². The summed E-state index contributed by atoms with van der Waals surface area (Å²) in [5.74, 6) is 1.96. The van der Waals surface area contributed by atoms with Crippen molar-refractivity contribution in [2.45, 2.75) is 11.9 Å². The van der Waals surface area contributed by atoms with Crippen LogP contribution in [0.5, 0.6) is 17.2 Å². The van der Waals surface area contributed by atoms with Gasteiger partial charge >= 0.3 is 0 Å². The SMILES string of the molecule is CCOc1ccc(NC(=O)CSc2nc3cc4c(cc3cc2C#N)OCO4)cc1. The highest BCUT2D eigenvalue weighted by Gasteiger charge is 2.17. The number of rotatable bonds is 6. The molecule has 0 atom stereocenters. The third-order valence-electron chi connectivity index (χ3n) is 4.18. The summed E-state index contributed by atoms with van der Waals surface area (Å²) in [7, 11) is 0. The van der Waals surface area contributed by atoms with Gasteiger partial charge in [-0.1, -0.05) is 11.8 Å². The van der Waals surface area contributed by atoms with Crippen LogP contribution < -0.4 is 19.5 Å². The van der Waals surface area contributed by atoms with E-state index in [4.69, 9.17) is 14.2 Å². The molecule has 1 aromatic heterocycles. The normalized spacial score (nSPS) is 11.9. The zero-order valence-corrected chi connectivity index (χ0v) is 16.4. The zero-order valence-electron chi connectivity index (χ0n) is 15.6. The number of fused-ring (bicyclic) bond motifs is 2. The lowest BCUT2D eigenvalue weighted by Crippen LogP contribution is -2.14. The summed E-state index contributed by atoms with van der Waals surface area (Å²) in [4.78, 5) is 16.8. The van der Waals surface area contributed by atoms with E-state index in [1.165, 1.54) is 11.8 Å². The maximum atomic E-state index is 12.3. The predicted octanol–water partition coefficient (Wildman–Crippen LogP) is 3.96. The van der Waals surface area contributed by atoms with Gasteiger partial charge in [0.05, 0.1) is 23.4 Å². The first kappa shape index (κ1) is 18.9.